The number of rotatable bonds is 8. The molecule has 31 heavy (non-hydrogen) atoms. The molecule has 160 valence electrons. The number of hydrogen-bond acceptors (Lipinski definition) is 3. The smallest absolute Gasteiger partial charge is 0.0941 e. The number of hydrogen-bond donors (Lipinski definition) is 2. The van der Waals surface area contributed by atoms with Gasteiger partial charge < -0.3 is 10.2 Å². The first kappa shape index (κ1) is 21.9. The van der Waals surface area contributed by atoms with E-state index in [9.17, 15) is 10.2 Å². The van der Waals surface area contributed by atoms with Crippen LogP contribution in [0.1, 0.15) is 35.8 Å². The lowest BCUT2D eigenvalue weighted by Crippen LogP contribution is -2.38. The van der Waals surface area contributed by atoms with E-state index in [2.05, 4.69) is 24.3 Å². The summed E-state index contributed by atoms with van der Waals surface area (Å²) < 4.78 is 0. The molecule has 2 aromatic rings. The van der Waals surface area contributed by atoms with E-state index in [0.717, 1.165) is 22.6 Å². The Hall–Kier alpha value is -2.33. The topological polar surface area (TPSA) is 40.5 Å². The van der Waals surface area contributed by atoms with Crippen molar-refractivity contribution in [2.75, 3.05) is 11.5 Å². The van der Waals surface area contributed by atoms with Crippen LogP contribution in [0.3, 0.4) is 0 Å². The summed E-state index contributed by atoms with van der Waals surface area (Å²) in [7, 11) is 0. The van der Waals surface area contributed by atoms with Crippen molar-refractivity contribution in [3.8, 4) is 0 Å². The average molecular weight is 431 g/mol. The van der Waals surface area contributed by atoms with E-state index < -0.39 is 11.2 Å². The molecule has 2 aliphatic rings. The van der Waals surface area contributed by atoms with Crippen molar-refractivity contribution in [1.82, 2.24) is 0 Å². The minimum atomic E-state index is -0.893. The first-order valence-electron chi connectivity index (χ1n) is 10.9. The summed E-state index contributed by atoms with van der Waals surface area (Å²) in [5, 5.41) is 22.9. The van der Waals surface area contributed by atoms with Gasteiger partial charge in [-0.1, -0.05) is 109 Å². The Balaban J connectivity index is 1.54. The van der Waals surface area contributed by atoms with Gasteiger partial charge in [0.2, 0.25) is 0 Å². The maximum Gasteiger partial charge on any atom is 0.0941 e. The van der Waals surface area contributed by atoms with Crippen LogP contribution in [0, 0.1) is 0 Å². The zero-order valence-corrected chi connectivity index (χ0v) is 18.5. The third-order valence-electron chi connectivity index (χ3n) is 6.33. The van der Waals surface area contributed by atoms with E-state index in [1.165, 1.54) is 0 Å². The fourth-order valence-corrected chi connectivity index (χ4v) is 6.07. The highest BCUT2D eigenvalue weighted by molar-refractivity contribution is 7.99. The Morgan fingerprint density at radius 3 is 1.42 bits per heavy atom. The predicted molar refractivity (Wildman–Crippen MR) is 131 cm³/mol. The molecule has 0 amide bonds. The molecule has 0 aliphatic heterocycles. The molecule has 4 rings (SSSR count). The molecule has 0 heterocycles. The third kappa shape index (κ3) is 5.12. The monoisotopic (exact) mass is 430 g/mol. The van der Waals surface area contributed by atoms with Crippen molar-refractivity contribution >= 4 is 11.8 Å². The maximum absolute atomic E-state index is 11.4. The second kappa shape index (κ2) is 9.86. The van der Waals surface area contributed by atoms with Gasteiger partial charge in [0.25, 0.3) is 0 Å². The molecule has 0 saturated heterocycles. The zero-order chi connectivity index (χ0) is 21.6. The minimum Gasteiger partial charge on any atom is -0.385 e. The summed E-state index contributed by atoms with van der Waals surface area (Å²) in [5.74, 6) is 1.51. The van der Waals surface area contributed by atoms with Crippen LogP contribution in [0.15, 0.2) is 109 Å². The van der Waals surface area contributed by atoms with Crippen LogP contribution >= 0.6 is 11.8 Å². The number of aliphatic hydroxyl groups is 2. The first-order chi connectivity index (χ1) is 15.1. The Labute approximate surface area is 189 Å². The number of thioether (sulfide) groups is 1. The molecule has 4 unspecified atom stereocenters. The van der Waals surface area contributed by atoms with Crippen LogP contribution in [0.25, 0.3) is 0 Å². The van der Waals surface area contributed by atoms with Gasteiger partial charge in [-0.25, -0.2) is 0 Å². The van der Waals surface area contributed by atoms with Crippen LogP contribution < -0.4 is 0 Å². The Bertz CT molecular complexity index is 884. The van der Waals surface area contributed by atoms with E-state index >= 15 is 0 Å². The fourth-order valence-electron chi connectivity index (χ4n) is 4.50. The highest BCUT2D eigenvalue weighted by Crippen LogP contribution is 2.41. The summed E-state index contributed by atoms with van der Waals surface area (Å²) in [5.41, 5.74) is 0.506. The van der Waals surface area contributed by atoms with Gasteiger partial charge in [-0.05, 0) is 24.0 Å². The van der Waals surface area contributed by atoms with Gasteiger partial charge in [0, 0.05) is 23.3 Å². The third-order valence-corrected chi connectivity index (χ3v) is 7.47. The fraction of sp³-hybridized carbons (Fsp3) is 0.286. The lowest BCUT2D eigenvalue weighted by atomic mass is 9.79. The highest BCUT2D eigenvalue weighted by Gasteiger charge is 2.38. The van der Waals surface area contributed by atoms with Crippen LogP contribution in [-0.4, -0.2) is 32.9 Å². The standard InChI is InChI=1S/C28H30O2S/c29-27(17-9-3-10-18-27)25(23-13-5-1-6-14-23)21-31-22-26(24-15-7-2-8-16-24)28(30)19-11-4-12-20-28/h1-17,19,25-26,29-30H,18,20-22H2. The predicted octanol–water partition coefficient (Wildman–Crippen LogP) is 5.78. The molecule has 0 spiro atoms. The molecule has 2 N–H and O–H groups in total. The van der Waals surface area contributed by atoms with Gasteiger partial charge >= 0.3 is 0 Å². The number of benzene rings is 2. The zero-order valence-electron chi connectivity index (χ0n) is 17.7. The molecule has 0 saturated carbocycles. The van der Waals surface area contributed by atoms with Crippen molar-refractivity contribution in [2.45, 2.75) is 35.9 Å². The van der Waals surface area contributed by atoms with Crippen LogP contribution in [-0.2, 0) is 0 Å². The molecular formula is C28H30O2S. The molecule has 0 bridgehead atoms. The second-order valence-corrected chi connectivity index (χ2v) is 9.50. The van der Waals surface area contributed by atoms with Gasteiger partial charge in [-0.15, -0.1) is 0 Å². The molecule has 2 aromatic carbocycles. The Morgan fingerprint density at radius 1 is 0.645 bits per heavy atom. The Morgan fingerprint density at radius 2 is 1.06 bits per heavy atom. The summed E-state index contributed by atoms with van der Waals surface area (Å²) in [6.07, 6.45) is 17.0. The molecule has 2 nitrogen and oxygen atoms in total. The molecule has 4 atom stereocenters. The quantitative estimate of drug-likeness (QED) is 0.558. The summed E-state index contributed by atoms with van der Waals surface area (Å²) in [4.78, 5) is 0. The summed E-state index contributed by atoms with van der Waals surface area (Å²) in [6.45, 7) is 0. The van der Waals surface area contributed by atoms with E-state index in [-0.39, 0.29) is 11.8 Å². The minimum absolute atomic E-state index is 0.0206. The van der Waals surface area contributed by atoms with Gasteiger partial charge in [-0.3, -0.25) is 0 Å². The van der Waals surface area contributed by atoms with Crippen LogP contribution in [0.2, 0.25) is 0 Å². The van der Waals surface area contributed by atoms with Gasteiger partial charge in [-0.2, -0.15) is 11.8 Å². The normalized spacial score (nSPS) is 26.6. The summed E-state index contributed by atoms with van der Waals surface area (Å²) in [6, 6.07) is 20.6. The molecule has 0 radical (unpaired) electrons. The van der Waals surface area contributed by atoms with Crippen molar-refractivity contribution in [2.24, 2.45) is 0 Å². The largest absolute Gasteiger partial charge is 0.385 e. The van der Waals surface area contributed by atoms with Crippen LogP contribution in [0.5, 0.6) is 0 Å². The van der Waals surface area contributed by atoms with Gasteiger partial charge in [0.15, 0.2) is 0 Å². The molecule has 3 heteroatoms. The SMILES string of the molecule is OC1(C(CSCC(c2ccccc2)C2(O)C=CC=CC2)c2ccccc2)C=CC=CC1. The Kier molecular flexibility index (Phi) is 6.96. The van der Waals surface area contributed by atoms with Crippen molar-refractivity contribution in [3.63, 3.8) is 0 Å². The molecular weight excluding hydrogens is 400 g/mol. The second-order valence-electron chi connectivity index (χ2n) is 8.43. The lowest BCUT2D eigenvalue weighted by molar-refractivity contribution is 0.0685. The average Bonchev–Trinajstić information content (AvgIpc) is 2.81. The number of allylic oxidation sites excluding steroid dienone is 4. The van der Waals surface area contributed by atoms with Crippen LogP contribution in [0.4, 0.5) is 0 Å². The van der Waals surface area contributed by atoms with Gasteiger partial charge in [0.1, 0.15) is 0 Å². The van der Waals surface area contributed by atoms with Crippen molar-refractivity contribution < 1.29 is 10.2 Å². The van der Waals surface area contributed by atoms with Gasteiger partial charge in [0.05, 0.1) is 11.2 Å². The first-order valence-corrected chi connectivity index (χ1v) is 12.1. The molecule has 0 fully saturated rings. The maximum atomic E-state index is 11.4. The van der Waals surface area contributed by atoms with E-state index in [1.54, 1.807) is 0 Å². The van der Waals surface area contributed by atoms with E-state index in [1.807, 2.05) is 96.8 Å². The molecule has 2 aliphatic carbocycles. The van der Waals surface area contributed by atoms with E-state index in [4.69, 9.17) is 0 Å². The van der Waals surface area contributed by atoms with E-state index in [0.29, 0.717) is 12.8 Å². The van der Waals surface area contributed by atoms with Crippen molar-refractivity contribution in [1.29, 1.82) is 0 Å². The van der Waals surface area contributed by atoms with Crippen molar-refractivity contribution in [3.05, 3.63) is 120 Å². The summed E-state index contributed by atoms with van der Waals surface area (Å²) >= 11 is 1.81. The highest BCUT2D eigenvalue weighted by atomic mass is 32.2. The molecule has 0 aromatic heterocycles. The lowest BCUT2D eigenvalue weighted by Gasteiger charge is -2.37.